The van der Waals surface area contributed by atoms with Gasteiger partial charge < -0.3 is 4.74 Å². The summed E-state index contributed by atoms with van der Waals surface area (Å²) in [7, 11) is 0. The SMILES string of the molecule is CCCCCCCCCC1CCc2cc(-c3ccc(OCCCCCC(CC)C4CC4)cc3)nc(F)c2C1(F)F. The molecule has 0 N–H and O–H groups in total. The maximum Gasteiger partial charge on any atom is 0.280 e. The minimum absolute atomic E-state index is 0.394. The molecule has 2 aliphatic carbocycles. The fraction of sp³-hybridized carbons (Fsp3) is 0.686. The Morgan fingerprint density at radius 3 is 2.30 bits per heavy atom. The van der Waals surface area contributed by atoms with Gasteiger partial charge in [-0.1, -0.05) is 84.5 Å². The minimum Gasteiger partial charge on any atom is -0.494 e. The van der Waals surface area contributed by atoms with Crippen molar-refractivity contribution >= 4 is 0 Å². The first-order valence-electron chi connectivity index (χ1n) is 16.2. The van der Waals surface area contributed by atoms with E-state index in [1.54, 1.807) is 6.07 Å². The highest BCUT2D eigenvalue weighted by Crippen LogP contribution is 2.48. The van der Waals surface area contributed by atoms with Gasteiger partial charge in [-0.25, -0.2) is 13.8 Å². The van der Waals surface area contributed by atoms with Crippen LogP contribution in [0.5, 0.6) is 5.75 Å². The number of aryl methyl sites for hydroxylation is 1. The van der Waals surface area contributed by atoms with Gasteiger partial charge >= 0.3 is 0 Å². The molecule has 2 unspecified atom stereocenters. The van der Waals surface area contributed by atoms with E-state index in [9.17, 15) is 0 Å². The third-order valence-electron chi connectivity index (χ3n) is 9.27. The minimum atomic E-state index is -3.17. The molecule has 5 heteroatoms. The fourth-order valence-electron chi connectivity index (χ4n) is 6.59. The lowest BCUT2D eigenvalue weighted by Gasteiger charge is -2.33. The third kappa shape index (κ3) is 8.49. The molecule has 1 heterocycles. The van der Waals surface area contributed by atoms with Crippen molar-refractivity contribution in [1.82, 2.24) is 4.98 Å². The van der Waals surface area contributed by atoms with E-state index in [1.807, 2.05) is 24.3 Å². The number of nitrogens with zero attached hydrogens (tertiary/aromatic N) is 1. The van der Waals surface area contributed by atoms with Crippen molar-refractivity contribution in [2.24, 2.45) is 17.8 Å². The van der Waals surface area contributed by atoms with Gasteiger partial charge in [0.05, 0.1) is 17.9 Å². The topological polar surface area (TPSA) is 22.1 Å². The largest absolute Gasteiger partial charge is 0.494 e. The molecule has 1 aromatic carbocycles. The molecule has 2 aliphatic rings. The zero-order valence-electron chi connectivity index (χ0n) is 24.8. The lowest BCUT2D eigenvalue weighted by molar-refractivity contribution is -0.0824. The second kappa shape index (κ2) is 15.3. The van der Waals surface area contributed by atoms with Gasteiger partial charge in [0, 0.05) is 11.5 Å². The van der Waals surface area contributed by atoms with E-state index in [0.29, 0.717) is 42.7 Å². The van der Waals surface area contributed by atoms with Gasteiger partial charge in [-0.3, -0.25) is 0 Å². The molecular weight excluding hydrogens is 507 g/mol. The molecular formula is C35H50F3NO. The molecule has 1 saturated carbocycles. The lowest BCUT2D eigenvalue weighted by Crippen LogP contribution is -2.33. The standard InChI is InChI=1S/C35H50F3NO/c1-3-5-6-7-8-9-12-15-30-21-18-29-25-32(39-34(36)33(29)35(30,37)38)28-19-22-31(23-20-28)40-24-13-10-11-14-26(4-2)27-16-17-27/h19-20,22-23,25-27,30H,3-18,21,24H2,1-2H3. The molecule has 0 bridgehead atoms. The van der Waals surface area contributed by atoms with Crippen LogP contribution in [0.15, 0.2) is 30.3 Å². The fourth-order valence-corrected chi connectivity index (χ4v) is 6.59. The summed E-state index contributed by atoms with van der Waals surface area (Å²) in [6.45, 7) is 5.18. The molecule has 2 nitrogen and oxygen atoms in total. The average molecular weight is 558 g/mol. The van der Waals surface area contributed by atoms with Crippen molar-refractivity contribution < 1.29 is 17.9 Å². The number of hydrogen-bond acceptors (Lipinski definition) is 2. The van der Waals surface area contributed by atoms with Gasteiger partial charge in [0.2, 0.25) is 5.95 Å². The first-order chi connectivity index (χ1) is 19.4. The summed E-state index contributed by atoms with van der Waals surface area (Å²) >= 11 is 0. The van der Waals surface area contributed by atoms with Crippen molar-refractivity contribution in [3.63, 3.8) is 0 Å². The second-order valence-electron chi connectivity index (χ2n) is 12.3. The maximum absolute atomic E-state index is 15.4. The van der Waals surface area contributed by atoms with E-state index >= 15 is 13.2 Å². The number of rotatable bonds is 18. The Morgan fingerprint density at radius 1 is 0.900 bits per heavy atom. The molecule has 0 radical (unpaired) electrons. The summed E-state index contributed by atoms with van der Waals surface area (Å²) in [5.41, 5.74) is 1.05. The van der Waals surface area contributed by atoms with E-state index in [4.69, 9.17) is 4.74 Å². The quantitative estimate of drug-likeness (QED) is 0.134. The van der Waals surface area contributed by atoms with Crippen LogP contribution in [0.25, 0.3) is 11.3 Å². The van der Waals surface area contributed by atoms with Crippen LogP contribution in [-0.2, 0) is 12.3 Å². The predicted octanol–water partition coefficient (Wildman–Crippen LogP) is 11.1. The average Bonchev–Trinajstić information content (AvgIpc) is 3.78. The van der Waals surface area contributed by atoms with Crippen molar-refractivity contribution in [2.75, 3.05) is 6.61 Å². The van der Waals surface area contributed by atoms with Crippen LogP contribution in [0.3, 0.4) is 0 Å². The van der Waals surface area contributed by atoms with Gasteiger partial charge in [-0.15, -0.1) is 0 Å². The highest BCUT2D eigenvalue weighted by Gasteiger charge is 2.47. The molecule has 0 spiro atoms. The molecule has 2 atom stereocenters. The normalized spacial score (nSPS) is 18.9. The summed E-state index contributed by atoms with van der Waals surface area (Å²) in [6.07, 6.45) is 18.0. The number of aromatic nitrogens is 1. The monoisotopic (exact) mass is 557 g/mol. The molecule has 0 aliphatic heterocycles. The van der Waals surface area contributed by atoms with Crippen LogP contribution in [0.1, 0.15) is 128 Å². The number of unbranched alkanes of at least 4 members (excludes halogenated alkanes) is 8. The molecule has 0 amide bonds. The molecule has 0 saturated heterocycles. The van der Waals surface area contributed by atoms with E-state index < -0.39 is 23.4 Å². The summed E-state index contributed by atoms with van der Waals surface area (Å²) in [6, 6.07) is 9.07. The zero-order chi connectivity index (χ0) is 28.4. The first kappa shape index (κ1) is 30.9. The summed E-state index contributed by atoms with van der Waals surface area (Å²) in [5.74, 6) is -2.32. The van der Waals surface area contributed by atoms with Crippen LogP contribution in [0.2, 0.25) is 0 Å². The Bertz CT molecular complexity index is 1030. The van der Waals surface area contributed by atoms with Crippen LogP contribution in [-0.4, -0.2) is 11.6 Å². The second-order valence-corrected chi connectivity index (χ2v) is 12.3. The third-order valence-corrected chi connectivity index (χ3v) is 9.27. The number of alkyl halides is 2. The Labute approximate surface area is 240 Å². The van der Waals surface area contributed by atoms with E-state index in [-0.39, 0.29) is 0 Å². The first-order valence-corrected chi connectivity index (χ1v) is 16.2. The summed E-state index contributed by atoms with van der Waals surface area (Å²) < 4.78 is 51.8. The molecule has 1 fully saturated rings. The molecule has 222 valence electrons. The smallest absolute Gasteiger partial charge is 0.280 e. The molecule has 1 aromatic heterocycles. The number of ether oxygens (including phenoxy) is 1. The molecule has 2 aromatic rings. The Kier molecular flexibility index (Phi) is 11.8. The molecule has 40 heavy (non-hydrogen) atoms. The number of benzene rings is 1. The number of hydrogen-bond donors (Lipinski definition) is 0. The Balaban J connectivity index is 1.25. The van der Waals surface area contributed by atoms with Crippen molar-refractivity contribution in [2.45, 2.75) is 129 Å². The Morgan fingerprint density at radius 2 is 1.60 bits per heavy atom. The van der Waals surface area contributed by atoms with Crippen molar-refractivity contribution in [1.29, 1.82) is 0 Å². The van der Waals surface area contributed by atoms with Crippen LogP contribution >= 0.6 is 0 Å². The van der Waals surface area contributed by atoms with Gasteiger partial charge in [0.25, 0.3) is 5.92 Å². The predicted molar refractivity (Wildman–Crippen MR) is 158 cm³/mol. The van der Waals surface area contributed by atoms with Gasteiger partial charge in [-0.2, -0.15) is 4.39 Å². The summed E-state index contributed by atoms with van der Waals surface area (Å²) in [5, 5.41) is 0. The van der Waals surface area contributed by atoms with Gasteiger partial charge in [-0.05, 0) is 86.3 Å². The van der Waals surface area contributed by atoms with Gasteiger partial charge in [0.1, 0.15) is 5.75 Å². The van der Waals surface area contributed by atoms with Crippen LogP contribution in [0, 0.1) is 23.7 Å². The zero-order valence-corrected chi connectivity index (χ0v) is 24.8. The van der Waals surface area contributed by atoms with Crippen molar-refractivity contribution in [3.05, 3.63) is 47.4 Å². The van der Waals surface area contributed by atoms with E-state index in [2.05, 4.69) is 18.8 Å². The highest BCUT2D eigenvalue weighted by atomic mass is 19.3. The highest BCUT2D eigenvalue weighted by molar-refractivity contribution is 5.62. The maximum atomic E-state index is 15.4. The van der Waals surface area contributed by atoms with Crippen LogP contribution in [0.4, 0.5) is 13.2 Å². The number of fused-ring (bicyclic) bond motifs is 1. The van der Waals surface area contributed by atoms with Crippen LogP contribution < -0.4 is 4.74 Å². The van der Waals surface area contributed by atoms with Gasteiger partial charge in [0.15, 0.2) is 0 Å². The molecule has 4 rings (SSSR count). The Hall–Kier alpha value is -2.04. The number of pyridine rings is 1. The van der Waals surface area contributed by atoms with Crippen molar-refractivity contribution in [3.8, 4) is 17.0 Å². The van der Waals surface area contributed by atoms with E-state index in [0.717, 1.165) is 43.3 Å². The summed E-state index contributed by atoms with van der Waals surface area (Å²) in [4.78, 5) is 4.00. The van der Waals surface area contributed by atoms with E-state index in [1.165, 1.54) is 64.2 Å². The lowest BCUT2D eigenvalue weighted by atomic mass is 9.78. The number of halogens is 3.